The molecule has 1 atom stereocenters. The van der Waals surface area contributed by atoms with E-state index >= 15 is 0 Å². The Morgan fingerprint density at radius 1 is 1.17 bits per heavy atom. The number of hydrogen-bond donors (Lipinski definition) is 0. The second-order valence-corrected chi connectivity index (χ2v) is 7.38. The minimum Gasteiger partial charge on any atom is -0.298 e. The van der Waals surface area contributed by atoms with Crippen LogP contribution in [0.2, 0.25) is 0 Å². The van der Waals surface area contributed by atoms with E-state index in [1.54, 1.807) is 18.4 Å². The lowest BCUT2D eigenvalue weighted by Crippen LogP contribution is -2.42. The Morgan fingerprint density at radius 2 is 1.83 bits per heavy atom. The summed E-state index contributed by atoms with van der Waals surface area (Å²) in [5.74, 6) is 0.288. The van der Waals surface area contributed by atoms with Crippen LogP contribution in [-0.4, -0.2) is 28.9 Å². The molecule has 0 spiro atoms. The van der Waals surface area contributed by atoms with Crippen molar-refractivity contribution in [3.05, 3.63) is 62.6 Å². The highest BCUT2D eigenvalue weighted by Gasteiger charge is 2.24. The van der Waals surface area contributed by atoms with E-state index in [0.29, 0.717) is 11.4 Å². The van der Waals surface area contributed by atoms with Gasteiger partial charge in [0, 0.05) is 24.6 Å². The summed E-state index contributed by atoms with van der Waals surface area (Å²) < 4.78 is 5.97. The van der Waals surface area contributed by atoms with Crippen LogP contribution in [0.15, 0.2) is 40.1 Å². The van der Waals surface area contributed by atoms with Gasteiger partial charge in [0.25, 0.3) is 5.56 Å². The van der Waals surface area contributed by atoms with Gasteiger partial charge in [-0.2, -0.15) is 4.98 Å². The first kappa shape index (κ1) is 18.9. The van der Waals surface area contributed by atoms with Crippen LogP contribution in [0.1, 0.15) is 38.1 Å². The van der Waals surface area contributed by atoms with Crippen molar-refractivity contribution in [3.8, 4) is 5.69 Å². The third kappa shape index (κ3) is 2.66. The lowest BCUT2D eigenvalue weighted by Gasteiger charge is -2.12. The average molecular weight is 393 g/mol. The Morgan fingerprint density at radius 3 is 2.41 bits per heavy atom. The average Bonchev–Trinajstić information content (AvgIpc) is 3.21. The normalized spacial score (nSPS) is 12.7. The van der Waals surface area contributed by atoms with Gasteiger partial charge >= 0.3 is 5.69 Å². The number of carbonyl (C=O) groups is 1. The van der Waals surface area contributed by atoms with E-state index in [4.69, 9.17) is 0 Å². The number of benzene rings is 1. The van der Waals surface area contributed by atoms with E-state index in [0.717, 1.165) is 22.4 Å². The Bertz CT molecular complexity index is 1380. The van der Waals surface area contributed by atoms with E-state index < -0.39 is 17.3 Å². The molecule has 0 amide bonds. The second-order valence-electron chi connectivity index (χ2n) is 7.38. The van der Waals surface area contributed by atoms with Crippen LogP contribution in [0.25, 0.3) is 22.6 Å². The van der Waals surface area contributed by atoms with Crippen LogP contribution in [0.3, 0.4) is 0 Å². The van der Waals surface area contributed by atoms with Crippen molar-refractivity contribution in [1.82, 2.24) is 23.1 Å². The summed E-state index contributed by atoms with van der Waals surface area (Å²) in [6, 6.07) is 7.30. The van der Waals surface area contributed by atoms with Gasteiger partial charge in [0.1, 0.15) is 0 Å². The molecule has 0 aliphatic heterocycles. The summed E-state index contributed by atoms with van der Waals surface area (Å²) in [7, 11) is 1.56. The largest absolute Gasteiger partial charge is 0.333 e. The molecule has 0 saturated heterocycles. The predicted molar refractivity (Wildman–Crippen MR) is 111 cm³/mol. The minimum atomic E-state index is -0.846. The van der Waals surface area contributed by atoms with Gasteiger partial charge in [0.15, 0.2) is 16.9 Å². The number of fused-ring (bicyclic) bond motifs is 3. The smallest absolute Gasteiger partial charge is 0.298 e. The van der Waals surface area contributed by atoms with E-state index in [2.05, 4.69) is 24.0 Å². The fraction of sp³-hybridized carbons (Fsp3) is 0.333. The van der Waals surface area contributed by atoms with Gasteiger partial charge in [-0.15, -0.1) is 0 Å². The first-order valence-corrected chi connectivity index (χ1v) is 9.57. The zero-order valence-electron chi connectivity index (χ0n) is 17.1. The van der Waals surface area contributed by atoms with Gasteiger partial charge in [0.05, 0.1) is 6.04 Å². The number of carbonyl (C=O) groups excluding carboxylic acids is 1. The van der Waals surface area contributed by atoms with Crippen LogP contribution in [0, 0.1) is 6.92 Å². The summed E-state index contributed by atoms with van der Waals surface area (Å²) in [4.78, 5) is 42.4. The van der Waals surface area contributed by atoms with Crippen molar-refractivity contribution in [2.24, 2.45) is 7.05 Å². The number of hydrogen-bond acceptors (Lipinski definition) is 4. The predicted octanol–water partition coefficient (Wildman–Crippen LogP) is 2.16. The molecule has 150 valence electrons. The van der Waals surface area contributed by atoms with Crippen molar-refractivity contribution in [1.29, 1.82) is 0 Å². The number of rotatable bonds is 4. The molecule has 4 aromatic rings. The monoisotopic (exact) mass is 393 g/mol. The zero-order chi connectivity index (χ0) is 21.0. The van der Waals surface area contributed by atoms with Gasteiger partial charge in [-0.05, 0) is 44.9 Å². The molecule has 0 fully saturated rings. The molecular weight excluding hydrogens is 370 g/mol. The molecule has 3 heterocycles. The van der Waals surface area contributed by atoms with E-state index in [1.807, 2.05) is 29.8 Å². The second kappa shape index (κ2) is 6.58. The third-order valence-corrected chi connectivity index (χ3v) is 5.55. The quantitative estimate of drug-likeness (QED) is 0.532. The van der Waals surface area contributed by atoms with Gasteiger partial charge in [0.2, 0.25) is 5.78 Å². The van der Waals surface area contributed by atoms with Crippen LogP contribution in [0.5, 0.6) is 0 Å². The number of ketones is 1. The molecule has 8 nitrogen and oxygen atoms in total. The van der Waals surface area contributed by atoms with Gasteiger partial charge in [-0.1, -0.05) is 19.1 Å². The minimum absolute atomic E-state index is 0.255. The summed E-state index contributed by atoms with van der Waals surface area (Å²) >= 11 is 0. The van der Waals surface area contributed by atoms with Crippen molar-refractivity contribution >= 4 is 22.7 Å². The Hall–Kier alpha value is -3.42. The highest BCUT2D eigenvalue weighted by Crippen LogP contribution is 2.21. The van der Waals surface area contributed by atoms with E-state index in [1.165, 1.54) is 17.1 Å². The first-order chi connectivity index (χ1) is 13.8. The van der Waals surface area contributed by atoms with Crippen LogP contribution in [0.4, 0.5) is 0 Å². The van der Waals surface area contributed by atoms with Crippen molar-refractivity contribution in [3.63, 3.8) is 0 Å². The summed E-state index contributed by atoms with van der Waals surface area (Å²) in [6.45, 7) is 6.96. The molecule has 3 aromatic heterocycles. The number of imidazole rings is 2. The van der Waals surface area contributed by atoms with Gasteiger partial charge in [-0.3, -0.25) is 23.1 Å². The Labute approximate surface area is 166 Å². The maximum absolute atomic E-state index is 13.2. The van der Waals surface area contributed by atoms with Gasteiger partial charge in [-0.25, -0.2) is 9.36 Å². The molecule has 8 heteroatoms. The molecule has 1 unspecified atom stereocenters. The SMILES string of the molecule is CCc1ccc(-n2c(C)cn3c4c(=O)n(C(C)C(C)=O)c(=O)n(C)c4nc23)cc1. The number of nitrogens with zero attached hydrogens (tertiary/aromatic N) is 5. The molecule has 0 radical (unpaired) electrons. The van der Waals surface area contributed by atoms with E-state index in [-0.39, 0.29) is 11.3 Å². The highest BCUT2D eigenvalue weighted by molar-refractivity contribution is 5.81. The third-order valence-electron chi connectivity index (χ3n) is 5.55. The molecule has 4 rings (SSSR count). The summed E-state index contributed by atoms with van der Waals surface area (Å²) in [5.41, 5.74) is 2.55. The fourth-order valence-electron chi connectivity index (χ4n) is 3.70. The van der Waals surface area contributed by atoms with Crippen molar-refractivity contribution in [2.45, 2.75) is 40.2 Å². The van der Waals surface area contributed by atoms with Crippen LogP contribution < -0.4 is 11.2 Å². The number of aromatic nitrogens is 5. The summed E-state index contributed by atoms with van der Waals surface area (Å²) in [6.07, 6.45) is 2.77. The van der Waals surface area contributed by atoms with Crippen molar-refractivity contribution < 1.29 is 4.79 Å². The molecule has 0 aliphatic rings. The topological polar surface area (TPSA) is 83.3 Å². The van der Waals surface area contributed by atoms with Crippen LogP contribution in [-0.2, 0) is 18.3 Å². The standard InChI is InChI=1S/C21H23N5O3/c1-6-15-7-9-16(10-8-15)25-12(2)11-24-17-18(22-20(24)25)23(5)21(29)26(19(17)28)13(3)14(4)27/h7-11,13H,6H2,1-5H3. The van der Waals surface area contributed by atoms with Crippen LogP contribution >= 0.6 is 0 Å². The maximum Gasteiger partial charge on any atom is 0.333 e. The molecule has 1 aromatic carbocycles. The molecule has 0 saturated carbocycles. The maximum atomic E-state index is 13.2. The molecule has 0 aliphatic carbocycles. The Balaban J connectivity index is 2.09. The summed E-state index contributed by atoms with van der Waals surface area (Å²) in [5, 5.41) is 0. The molecule has 0 bridgehead atoms. The van der Waals surface area contributed by atoms with E-state index in [9.17, 15) is 14.4 Å². The highest BCUT2D eigenvalue weighted by atomic mass is 16.2. The molecular formula is C21H23N5O3. The lowest BCUT2D eigenvalue weighted by atomic mass is 10.1. The number of aryl methyl sites for hydroxylation is 3. The molecule has 29 heavy (non-hydrogen) atoms. The first-order valence-electron chi connectivity index (χ1n) is 9.57. The fourth-order valence-corrected chi connectivity index (χ4v) is 3.70. The Kier molecular flexibility index (Phi) is 4.29. The molecule has 0 N–H and O–H groups in total. The van der Waals surface area contributed by atoms with Crippen molar-refractivity contribution in [2.75, 3.05) is 0 Å². The number of Topliss-reactive ketones (excluding diaryl/α,β-unsaturated/α-hetero) is 1. The zero-order valence-corrected chi connectivity index (χ0v) is 17.1. The van der Waals surface area contributed by atoms with Gasteiger partial charge < -0.3 is 0 Å². The lowest BCUT2D eigenvalue weighted by molar-refractivity contribution is -0.119.